The summed E-state index contributed by atoms with van der Waals surface area (Å²) in [6.45, 7) is 3.65. The molecule has 1 N–H and O–H groups in total. The summed E-state index contributed by atoms with van der Waals surface area (Å²) in [5.74, 6) is 1.64. The number of ether oxygens (including phenoxy) is 2. The third kappa shape index (κ3) is 3.32. The number of rotatable bonds is 5. The molecule has 1 saturated carbocycles. The molecule has 9 heteroatoms. The number of imidazole rings is 1. The maximum absolute atomic E-state index is 5.56. The van der Waals surface area contributed by atoms with Crippen molar-refractivity contribution < 1.29 is 9.47 Å². The predicted octanol–water partition coefficient (Wildman–Crippen LogP) is 3.39. The smallest absolute Gasteiger partial charge is 0.241 e. The van der Waals surface area contributed by atoms with Crippen LogP contribution in [0.15, 0.2) is 30.7 Å². The molecule has 4 aromatic rings. The SMILES string of the molecule is COC1CC(Nc2ncc3c(-c4cnc5nc(C)n(C6CCOCC6)c5c4)ccn3n2)C1. The molecule has 166 valence electrons. The second-order valence-electron chi connectivity index (χ2n) is 8.75. The molecule has 9 nitrogen and oxygen atoms in total. The van der Waals surface area contributed by atoms with Crippen molar-refractivity contribution in [1.29, 1.82) is 0 Å². The van der Waals surface area contributed by atoms with E-state index in [1.54, 1.807) is 7.11 Å². The first kappa shape index (κ1) is 19.6. The average molecular weight is 434 g/mol. The summed E-state index contributed by atoms with van der Waals surface area (Å²) in [6.07, 6.45) is 10.1. The normalized spacial score (nSPS) is 21.8. The fraction of sp³-hybridized carbons (Fsp3) is 0.478. The van der Waals surface area contributed by atoms with Crippen molar-refractivity contribution in [3.63, 3.8) is 0 Å². The van der Waals surface area contributed by atoms with Gasteiger partial charge in [-0.1, -0.05) is 0 Å². The number of hydrogen-bond acceptors (Lipinski definition) is 7. The molecule has 0 unspecified atom stereocenters. The Morgan fingerprint density at radius 1 is 1.12 bits per heavy atom. The summed E-state index contributed by atoms with van der Waals surface area (Å²) in [5, 5.41) is 8.05. The lowest BCUT2D eigenvalue weighted by Crippen LogP contribution is -2.40. The summed E-state index contributed by atoms with van der Waals surface area (Å²) in [7, 11) is 1.76. The average Bonchev–Trinajstić information content (AvgIpc) is 3.35. The van der Waals surface area contributed by atoms with Gasteiger partial charge in [-0.3, -0.25) is 0 Å². The Bertz CT molecular complexity index is 1270. The van der Waals surface area contributed by atoms with Gasteiger partial charge < -0.3 is 19.4 Å². The summed E-state index contributed by atoms with van der Waals surface area (Å²) < 4.78 is 15.1. The van der Waals surface area contributed by atoms with Crippen LogP contribution in [0.1, 0.15) is 37.5 Å². The molecule has 2 aliphatic rings. The van der Waals surface area contributed by atoms with Gasteiger partial charge in [-0.15, -0.1) is 5.10 Å². The van der Waals surface area contributed by atoms with Gasteiger partial charge in [-0.2, -0.15) is 0 Å². The van der Waals surface area contributed by atoms with Crippen molar-refractivity contribution in [3.05, 3.63) is 36.5 Å². The molecule has 1 aliphatic heterocycles. The Kier molecular flexibility index (Phi) is 4.80. The lowest BCUT2D eigenvalue weighted by atomic mass is 9.89. The number of anilines is 1. The van der Waals surface area contributed by atoms with Crippen LogP contribution in [0.25, 0.3) is 27.8 Å². The van der Waals surface area contributed by atoms with Crippen molar-refractivity contribution in [2.75, 3.05) is 25.6 Å². The van der Waals surface area contributed by atoms with Gasteiger partial charge in [0.1, 0.15) is 5.82 Å². The molecule has 1 saturated heterocycles. The van der Waals surface area contributed by atoms with E-state index in [1.165, 1.54) is 0 Å². The van der Waals surface area contributed by atoms with Gasteiger partial charge in [0.25, 0.3) is 0 Å². The number of nitrogens with zero attached hydrogens (tertiary/aromatic N) is 6. The second kappa shape index (κ2) is 7.83. The number of methoxy groups -OCH3 is 1. The summed E-state index contributed by atoms with van der Waals surface area (Å²) >= 11 is 0. The molecule has 32 heavy (non-hydrogen) atoms. The molecular formula is C23H27N7O2. The highest BCUT2D eigenvalue weighted by Gasteiger charge is 2.29. The van der Waals surface area contributed by atoms with Crippen LogP contribution in [0.4, 0.5) is 5.95 Å². The molecule has 0 bridgehead atoms. The van der Waals surface area contributed by atoms with E-state index in [0.29, 0.717) is 24.1 Å². The van der Waals surface area contributed by atoms with Gasteiger partial charge in [-0.25, -0.2) is 19.5 Å². The molecule has 2 fully saturated rings. The largest absolute Gasteiger partial charge is 0.381 e. The van der Waals surface area contributed by atoms with Crippen LogP contribution in [0.5, 0.6) is 0 Å². The van der Waals surface area contributed by atoms with Crippen molar-refractivity contribution in [3.8, 4) is 11.1 Å². The van der Waals surface area contributed by atoms with E-state index in [-0.39, 0.29) is 0 Å². The minimum atomic E-state index is 0.343. The lowest BCUT2D eigenvalue weighted by molar-refractivity contribution is 0.0326. The first-order valence-corrected chi connectivity index (χ1v) is 11.3. The number of aromatic nitrogens is 6. The van der Waals surface area contributed by atoms with E-state index in [0.717, 1.165) is 72.5 Å². The zero-order chi connectivity index (χ0) is 21.7. The molecule has 5 heterocycles. The summed E-state index contributed by atoms with van der Waals surface area (Å²) in [6, 6.07) is 5.03. The quantitative estimate of drug-likeness (QED) is 0.516. The number of pyridine rings is 1. The van der Waals surface area contributed by atoms with Crippen molar-refractivity contribution in [1.82, 2.24) is 29.1 Å². The van der Waals surface area contributed by atoms with E-state index >= 15 is 0 Å². The Morgan fingerprint density at radius 3 is 2.78 bits per heavy atom. The third-order valence-electron chi connectivity index (χ3n) is 6.77. The lowest BCUT2D eigenvalue weighted by Gasteiger charge is -2.34. The summed E-state index contributed by atoms with van der Waals surface area (Å²) in [5.41, 5.74) is 4.92. The molecule has 0 spiro atoms. The maximum atomic E-state index is 5.56. The van der Waals surface area contributed by atoms with E-state index in [2.05, 4.69) is 44.0 Å². The molecule has 0 atom stereocenters. The van der Waals surface area contributed by atoms with E-state index in [4.69, 9.17) is 14.5 Å². The molecule has 6 rings (SSSR count). The first-order valence-electron chi connectivity index (χ1n) is 11.3. The fourth-order valence-corrected chi connectivity index (χ4v) is 4.91. The molecular weight excluding hydrogens is 406 g/mol. The zero-order valence-electron chi connectivity index (χ0n) is 18.4. The fourth-order valence-electron chi connectivity index (χ4n) is 4.91. The minimum Gasteiger partial charge on any atom is -0.381 e. The number of aryl methyl sites for hydroxylation is 1. The minimum absolute atomic E-state index is 0.343. The Hall–Kier alpha value is -3.04. The van der Waals surface area contributed by atoms with Gasteiger partial charge in [0.2, 0.25) is 5.95 Å². The highest BCUT2D eigenvalue weighted by Crippen LogP contribution is 2.32. The predicted molar refractivity (Wildman–Crippen MR) is 121 cm³/mol. The van der Waals surface area contributed by atoms with E-state index < -0.39 is 0 Å². The number of hydrogen-bond donors (Lipinski definition) is 1. The Morgan fingerprint density at radius 2 is 1.97 bits per heavy atom. The van der Waals surface area contributed by atoms with Gasteiger partial charge in [-0.05, 0) is 44.7 Å². The second-order valence-corrected chi connectivity index (χ2v) is 8.75. The van der Waals surface area contributed by atoms with Crippen molar-refractivity contribution in [2.45, 2.75) is 50.8 Å². The first-order chi connectivity index (χ1) is 15.7. The molecule has 4 aromatic heterocycles. The van der Waals surface area contributed by atoms with Gasteiger partial charge in [0.05, 0.1) is 23.3 Å². The van der Waals surface area contributed by atoms with Crippen LogP contribution < -0.4 is 5.32 Å². The van der Waals surface area contributed by atoms with Crippen LogP contribution in [0.3, 0.4) is 0 Å². The standard InChI is InChI=1S/C23H27N7O2/c1-14-26-22-20(30(14)17-4-7-32-8-5-17)9-15(12-24-22)19-3-6-29-21(19)13-25-23(28-29)27-16-10-18(11-16)31-2/h3,6,9,12-13,16-18H,4-5,7-8,10-11H2,1-2H3,(H,27,28). The Labute approximate surface area is 185 Å². The molecule has 1 aliphatic carbocycles. The molecule has 0 radical (unpaired) electrons. The van der Waals surface area contributed by atoms with Gasteiger partial charge in [0.15, 0.2) is 5.65 Å². The molecule has 0 amide bonds. The van der Waals surface area contributed by atoms with Crippen LogP contribution in [0, 0.1) is 6.92 Å². The van der Waals surface area contributed by atoms with Crippen LogP contribution >= 0.6 is 0 Å². The number of nitrogens with one attached hydrogen (secondary N) is 1. The van der Waals surface area contributed by atoms with Crippen molar-refractivity contribution in [2.24, 2.45) is 0 Å². The van der Waals surface area contributed by atoms with Crippen LogP contribution in [-0.2, 0) is 9.47 Å². The van der Waals surface area contributed by atoms with E-state index in [9.17, 15) is 0 Å². The van der Waals surface area contributed by atoms with Gasteiger partial charge >= 0.3 is 0 Å². The maximum Gasteiger partial charge on any atom is 0.241 e. The van der Waals surface area contributed by atoms with Crippen LogP contribution in [-0.4, -0.2) is 61.6 Å². The Balaban J connectivity index is 1.32. The highest BCUT2D eigenvalue weighted by molar-refractivity contribution is 5.85. The molecule has 0 aromatic carbocycles. The topological polar surface area (TPSA) is 91.4 Å². The summed E-state index contributed by atoms with van der Waals surface area (Å²) in [4.78, 5) is 13.9. The highest BCUT2D eigenvalue weighted by atomic mass is 16.5. The van der Waals surface area contributed by atoms with Gasteiger partial charge in [0, 0.05) is 55.9 Å². The van der Waals surface area contributed by atoms with Crippen molar-refractivity contribution >= 4 is 22.6 Å². The van der Waals surface area contributed by atoms with Crippen LogP contribution in [0.2, 0.25) is 0 Å². The number of fused-ring (bicyclic) bond motifs is 2. The zero-order valence-corrected chi connectivity index (χ0v) is 18.4. The monoisotopic (exact) mass is 433 g/mol. The van der Waals surface area contributed by atoms with E-state index in [1.807, 2.05) is 23.1 Å². The third-order valence-corrected chi connectivity index (χ3v) is 6.77.